The number of carbonyl (C=O) groups is 2. The van der Waals surface area contributed by atoms with Crippen LogP contribution in [0.2, 0.25) is 0 Å². The number of piperidine rings is 1. The van der Waals surface area contributed by atoms with Crippen LogP contribution in [0.3, 0.4) is 0 Å². The van der Waals surface area contributed by atoms with Crippen molar-refractivity contribution in [3.8, 4) is 0 Å². The Morgan fingerprint density at radius 1 is 1.00 bits per heavy atom. The van der Waals surface area contributed by atoms with E-state index in [1.165, 1.54) is 10.4 Å². The van der Waals surface area contributed by atoms with Crippen molar-refractivity contribution < 1.29 is 18.0 Å². The van der Waals surface area contributed by atoms with Crippen molar-refractivity contribution in [3.63, 3.8) is 0 Å². The largest absolute Gasteiger partial charge is 0.354 e. The fourth-order valence-electron chi connectivity index (χ4n) is 4.05. The first-order valence-electron chi connectivity index (χ1n) is 10.6. The van der Waals surface area contributed by atoms with E-state index in [-0.39, 0.29) is 22.6 Å². The van der Waals surface area contributed by atoms with Gasteiger partial charge in [-0.05, 0) is 50.3 Å². The molecule has 1 aromatic rings. The Morgan fingerprint density at radius 3 is 2.34 bits per heavy atom. The molecule has 0 aromatic heterocycles. The number of hydrogen-bond acceptors (Lipinski definition) is 4. The molecule has 1 saturated heterocycles. The first-order chi connectivity index (χ1) is 13.9. The lowest BCUT2D eigenvalue weighted by atomic mass is 10.1. The van der Waals surface area contributed by atoms with Crippen molar-refractivity contribution >= 4 is 21.8 Å². The van der Waals surface area contributed by atoms with E-state index in [0.717, 1.165) is 50.5 Å². The molecule has 1 aliphatic carbocycles. The zero-order valence-electron chi connectivity index (χ0n) is 17.1. The lowest BCUT2D eigenvalue weighted by Crippen LogP contribution is -2.37. The number of aryl methyl sites for hydroxylation is 1. The number of carbonyl (C=O) groups excluding carboxylic acids is 2. The van der Waals surface area contributed by atoms with Gasteiger partial charge in [-0.25, -0.2) is 8.42 Å². The highest BCUT2D eigenvalue weighted by Gasteiger charge is 2.27. The molecule has 0 bridgehead atoms. The second kappa shape index (κ2) is 9.71. The molecule has 2 N–H and O–H groups in total. The second-order valence-electron chi connectivity index (χ2n) is 7.97. The first kappa shape index (κ1) is 21.8. The minimum Gasteiger partial charge on any atom is -0.354 e. The van der Waals surface area contributed by atoms with E-state index in [4.69, 9.17) is 0 Å². The summed E-state index contributed by atoms with van der Waals surface area (Å²) in [7, 11) is -3.58. The highest BCUT2D eigenvalue weighted by Crippen LogP contribution is 2.24. The van der Waals surface area contributed by atoms with Crippen molar-refractivity contribution in [2.45, 2.75) is 56.8 Å². The van der Waals surface area contributed by atoms with E-state index in [0.29, 0.717) is 31.7 Å². The maximum Gasteiger partial charge on any atom is 0.251 e. The fourth-order valence-corrected chi connectivity index (χ4v) is 5.59. The molecule has 0 atom stereocenters. The van der Waals surface area contributed by atoms with E-state index in [2.05, 4.69) is 10.6 Å². The molecular weight excluding hydrogens is 390 g/mol. The Bertz CT molecular complexity index is 841. The molecule has 2 fully saturated rings. The van der Waals surface area contributed by atoms with Gasteiger partial charge < -0.3 is 10.6 Å². The first-order valence-corrected chi connectivity index (χ1v) is 12.0. The van der Waals surface area contributed by atoms with Gasteiger partial charge in [-0.2, -0.15) is 4.31 Å². The van der Waals surface area contributed by atoms with Gasteiger partial charge in [-0.15, -0.1) is 0 Å². The number of hydrogen-bond donors (Lipinski definition) is 2. The van der Waals surface area contributed by atoms with Gasteiger partial charge in [0.15, 0.2) is 0 Å². The van der Waals surface area contributed by atoms with Crippen LogP contribution >= 0.6 is 0 Å². The molecule has 3 rings (SSSR count). The van der Waals surface area contributed by atoms with Gasteiger partial charge in [0.05, 0.1) is 4.90 Å². The highest BCUT2D eigenvalue weighted by molar-refractivity contribution is 7.89. The average molecular weight is 422 g/mol. The van der Waals surface area contributed by atoms with Crippen molar-refractivity contribution in [3.05, 3.63) is 29.3 Å². The van der Waals surface area contributed by atoms with E-state index >= 15 is 0 Å². The predicted octanol–water partition coefficient (Wildman–Crippen LogP) is 2.21. The van der Waals surface area contributed by atoms with Crippen LogP contribution < -0.4 is 10.6 Å². The van der Waals surface area contributed by atoms with Crippen molar-refractivity contribution in [1.29, 1.82) is 0 Å². The van der Waals surface area contributed by atoms with Gasteiger partial charge in [0.25, 0.3) is 5.91 Å². The summed E-state index contributed by atoms with van der Waals surface area (Å²) in [5.74, 6) is -0.166. The van der Waals surface area contributed by atoms with E-state index in [9.17, 15) is 18.0 Å². The van der Waals surface area contributed by atoms with Crippen LogP contribution in [0, 0.1) is 12.8 Å². The second-order valence-corrected chi connectivity index (χ2v) is 9.91. The molecule has 0 spiro atoms. The lowest BCUT2D eigenvalue weighted by Gasteiger charge is -2.26. The quantitative estimate of drug-likeness (QED) is 0.660. The number of rotatable bonds is 7. The molecule has 160 valence electrons. The Kier molecular flexibility index (Phi) is 7.29. The van der Waals surface area contributed by atoms with Gasteiger partial charge in [-0.3, -0.25) is 9.59 Å². The Morgan fingerprint density at radius 2 is 1.66 bits per heavy atom. The number of benzene rings is 1. The minimum atomic E-state index is -3.58. The third-order valence-corrected chi connectivity index (χ3v) is 7.74. The molecule has 2 amide bonds. The Labute approximate surface area is 173 Å². The smallest absolute Gasteiger partial charge is 0.251 e. The van der Waals surface area contributed by atoms with Gasteiger partial charge in [-0.1, -0.05) is 25.3 Å². The summed E-state index contributed by atoms with van der Waals surface area (Å²) in [6.45, 7) is 3.51. The van der Waals surface area contributed by atoms with Gasteiger partial charge in [0.1, 0.15) is 0 Å². The minimum absolute atomic E-state index is 0.0579. The Hall–Kier alpha value is -1.93. The monoisotopic (exact) mass is 421 g/mol. The third-order valence-electron chi connectivity index (χ3n) is 5.84. The zero-order valence-corrected chi connectivity index (χ0v) is 17.9. The molecule has 0 unspecified atom stereocenters. The summed E-state index contributed by atoms with van der Waals surface area (Å²) < 4.78 is 27.3. The summed E-state index contributed by atoms with van der Waals surface area (Å²) in [5, 5.41) is 5.65. The molecule has 1 heterocycles. The van der Waals surface area contributed by atoms with Gasteiger partial charge in [0, 0.05) is 37.7 Å². The van der Waals surface area contributed by atoms with Crippen LogP contribution in [-0.4, -0.2) is 50.7 Å². The molecule has 7 nitrogen and oxygen atoms in total. The number of nitrogens with one attached hydrogen (secondary N) is 2. The maximum atomic E-state index is 12.9. The standard InChI is InChI=1S/C21H31N3O4S/c1-16-9-10-18(29(27,28)24-13-5-2-6-14-24)15-19(16)21(26)23-12-11-22-20(25)17-7-3-4-8-17/h9-10,15,17H,2-8,11-14H2,1H3,(H,22,25)(H,23,26). The topological polar surface area (TPSA) is 95.6 Å². The summed E-state index contributed by atoms with van der Waals surface area (Å²) in [6.07, 6.45) is 6.86. The van der Waals surface area contributed by atoms with Crippen LogP contribution in [-0.2, 0) is 14.8 Å². The molecule has 29 heavy (non-hydrogen) atoms. The predicted molar refractivity (Wildman–Crippen MR) is 111 cm³/mol. The van der Waals surface area contributed by atoms with Crippen LogP contribution in [0.4, 0.5) is 0 Å². The molecule has 1 aromatic carbocycles. The number of amides is 2. The van der Waals surface area contributed by atoms with E-state index in [1.54, 1.807) is 19.1 Å². The van der Waals surface area contributed by atoms with Crippen LogP contribution in [0.5, 0.6) is 0 Å². The molecular formula is C21H31N3O4S. The van der Waals surface area contributed by atoms with Gasteiger partial charge >= 0.3 is 0 Å². The van der Waals surface area contributed by atoms with Gasteiger partial charge in [0.2, 0.25) is 15.9 Å². The SMILES string of the molecule is Cc1ccc(S(=O)(=O)N2CCCCC2)cc1C(=O)NCCNC(=O)C1CCCC1. The molecule has 1 saturated carbocycles. The summed E-state index contributed by atoms with van der Waals surface area (Å²) >= 11 is 0. The molecule has 0 radical (unpaired) electrons. The van der Waals surface area contributed by atoms with Crippen LogP contribution in [0.25, 0.3) is 0 Å². The van der Waals surface area contributed by atoms with Crippen LogP contribution in [0.15, 0.2) is 23.1 Å². The highest BCUT2D eigenvalue weighted by atomic mass is 32.2. The van der Waals surface area contributed by atoms with E-state index in [1.807, 2.05) is 0 Å². The third kappa shape index (κ3) is 5.36. The maximum absolute atomic E-state index is 12.9. The molecule has 2 aliphatic rings. The zero-order chi connectivity index (χ0) is 20.9. The summed E-state index contributed by atoms with van der Waals surface area (Å²) in [4.78, 5) is 24.8. The summed E-state index contributed by atoms with van der Waals surface area (Å²) in [5.41, 5.74) is 1.07. The van der Waals surface area contributed by atoms with Crippen molar-refractivity contribution in [1.82, 2.24) is 14.9 Å². The average Bonchev–Trinajstić information content (AvgIpc) is 3.27. The number of nitrogens with zero attached hydrogens (tertiary/aromatic N) is 1. The van der Waals surface area contributed by atoms with Crippen molar-refractivity contribution in [2.24, 2.45) is 5.92 Å². The lowest BCUT2D eigenvalue weighted by molar-refractivity contribution is -0.124. The Balaban J connectivity index is 1.58. The van der Waals surface area contributed by atoms with Crippen LogP contribution in [0.1, 0.15) is 60.9 Å². The normalized spacial score (nSPS) is 18.5. The molecule has 1 aliphatic heterocycles. The summed E-state index contributed by atoms with van der Waals surface area (Å²) in [6, 6.07) is 4.71. The molecule has 8 heteroatoms. The van der Waals surface area contributed by atoms with Crippen molar-refractivity contribution in [2.75, 3.05) is 26.2 Å². The fraction of sp³-hybridized carbons (Fsp3) is 0.619. The van der Waals surface area contributed by atoms with E-state index < -0.39 is 10.0 Å². The number of sulfonamides is 1.